The van der Waals surface area contributed by atoms with Crippen molar-refractivity contribution in [2.75, 3.05) is 24.8 Å². The summed E-state index contributed by atoms with van der Waals surface area (Å²) in [6, 6.07) is 5.10. The highest BCUT2D eigenvalue weighted by Crippen LogP contribution is 2.28. The van der Waals surface area contributed by atoms with E-state index in [2.05, 4.69) is 5.32 Å². The minimum atomic E-state index is -0.242. The Labute approximate surface area is 113 Å². The van der Waals surface area contributed by atoms with Gasteiger partial charge in [-0.3, -0.25) is 14.5 Å². The van der Waals surface area contributed by atoms with Gasteiger partial charge in [0.15, 0.2) is 0 Å². The highest BCUT2D eigenvalue weighted by atomic mass is 35.5. The first kappa shape index (κ1) is 13.0. The number of thioether (sulfide) groups is 1. The summed E-state index contributed by atoms with van der Waals surface area (Å²) < 4.78 is 5.15. The molecule has 96 valence electrons. The van der Waals surface area contributed by atoms with Crippen LogP contribution in [0.5, 0.6) is 5.75 Å². The molecule has 0 aromatic heterocycles. The molecular weight excluding hydrogens is 276 g/mol. The SMILES string of the molecule is COc1ccc(Cl)cc1NCN1C(=O)CSC1=O. The maximum Gasteiger partial charge on any atom is 0.290 e. The summed E-state index contributed by atoms with van der Waals surface area (Å²) in [5, 5.41) is 3.28. The predicted molar refractivity (Wildman–Crippen MR) is 71.2 cm³/mol. The lowest BCUT2D eigenvalue weighted by molar-refractivity contribution is -0.124. The Balaban J connectivity index is 2.08. The molecule has 1 aromatic rings. The molecule has 2 rings (SSSR count). The van der Waals surface area contributed by atoms with Crippen LogP contribution in [-0.4, -0.2) is 35.6 Å². The zero-order chi connectivity index (χ0) is 13.1. The number of amides is 2. The van der Waals surface area contributed by atoms with Gasteiger partial charge in [-0.25, -0.2) is 0 Å². The molecule has 1 aromatic carbocycles. The molecule has 0 radical (unpaired) electrons. The normalized spacial score (nSPS) is 15.1. The van der Waals surface area contributed by atoms with Gasteiger partial charge in [0, 0.05) is 5.02 Å². The van der Waals surface area contributed by atoms with E-state index in [1.807, 2.05) is 0 Å². The fraction of sp³-hybridized carbons (Fsp3) is 0.273. The summed E-state index contributed by atoms with van der Waals surface area (Å²) in [6.45, 7) is 0.112. The van der Waals surface area contributed by atoms with Crippen LogP contribution in [0.25, 0.3) is 0 Å². The highest BCUT2D eigenvalue weighted by Gasteiger charge is 2.29. The minimum Gasteiger partial charge on any atom is -0.495 e. The van der Waals surface area contributed by atoms with Crippen molar-refractivity contribution >= 4 is 40.2 Å². The van der Waals surface area contributed by atoms with Gasteiger partial charge in [0.05, 0.1) is 25.2 Å². The smallest absolute Gasteiger partial charge is 0.290 e. The second-order valence-electron chi connectivity index (χ2n) is 3.56. The summed E-state index contributed by atoms with van der Waals surface area (Å²) in [7, 11) is 1.54. The van der Waals surface area contributed by atoms with Gasteiger partial charge in [0.2, 0.25) is 5.91 Å². The maximum absolute atomic E-state index is 11.4. The number of carbonyl (C=O) groups is 2. The van der Waals surface area contributed by atoms with Gasteiger partial charge >= 0.3 is 0 Å². The lowest BCUT2D eigenvalue weighted by Gasteiger charge is -2.16. The van der Waals surface area contributed by atoms with Crippen LogP contribution >= 0.6 is 23.4 Å². The van der Waals surface area contributed by atoms with Crippen LogP contribution in [0.2, 0.25) is 5.02 Å². The number of methoxy groups -OCH3 is 1. The second kappa shape index (κ2) is 5.49. The molecule has 0 bridgehead atoms. The van der Waals surface area contributed by atoms with E-state index in [-0.39, 0.29) is 23.6 Å². The fourth-order valence-corrected chi connectivity index (χ4v) is 2.41. The van der Waals surface area contributed by atoms with Gasteiger partial charge in [0.25, 0.3) is 5.24 Å². The molecule has 2 amide bonds. The molecule has 18 heavy (non-hydrogen) atoms. The van der Waals surface area contributed by atoms with Gasteiger partial charge in [-0.2, -0.15) is 0 Å². The van der Waals surface area contributed by atoms with Crippen LogP contribution < -0.4 is 10.1 Å². The van der Waals surface area contributed by atoms with Crippen molar-refractivity contribution in [2.24, 2.45) is 0 Å². The predicted octanol–water partition coefficient (Wildman–Crippen LogP) is 2.41. The van der Waals surface area contributed by atoms with Crippen LogP contribution in [0.3, 0.4) is 0 Å². The Bertz CT molecular complexity index is 479. The lowest BCUT2D eigenvalue weighted by atomic mass is 10.3. The van der Waals surface area contributed by atoms with E-state index < -0.39 is 0 Å². The van der Waals surface area contributed by atoms with Gasteiger partial charge in [0.1, 0.15) is 5.75 Å². The first-order valence-corrected chi connectivity index (χ1v) is 6.52. The molecule has 1 aliphatic heterocycles. The van der Waals surface area contributed by atoms with Crippen molar-refractivity contribution in [1.29, 1.82) is 0 Å². The first-order chi connectivity index (χ1) is 8.61. The van der Waals surface area contributed by atoms with Crippen molar-refractivity contribution in [1.82, 2.24) is 4.90 Å². The van der Waals surface area contributed by atoms with Crippen molar-refractivity contribution < 1.29 is 14.3 Å². The van der Waals surface area contributed by atoms with Gasteiger partial charge in [-0.15, -0.1) is 0 Å². The third-order valence-corrected chi connectivity index (χ3v) is 3.52. The van der Waals surface area contributed by atoms with Crippen molar-refractivity contribution in [2.45, 2.75) is 0 Å². The Hall–Kier alpha value is -1.40. The van der Waals surface area contributed by atoms with Crippen molar-refractivity contribution in [3.05, 3.63) is 23.2 Å². The summed E-state index contributed by atoms with van der Waals surface area (Å²) in [5.41, 5.74) is 0.641. The zero-order valence-corrected chi connectivity index (χ0v) is 11.2. The van der Waals surface area contributed by atoms with Gasteiger partial charge < -0.3 is 10.1 Å². The molecule has 1 N–H and O–H groups in total. The van der Waals surface area contributed by atoms with E-state index in [0.29, 0.717) is 16.5 Å². The molecule has 0 unspecified atom stereocenters. The summed E-state index contributed by atoms with van der Waals surface area (Å²) >= 11 is 6.88. The fourth-order valence-electron chi connectivity index (χ4n) is 1.52. The number of hydrogen-bond donors (Lipinski definition) is 1. The summed E-state index contributed by atoms with van der Waals surface area (Å²) in [5.74, 6) is 0.609. The number of carbonyl (C=O) groups excluding carboxylic acids is 2. The molecule has 1 aliphatic rings. The Morgan fingerprint density at radius 3 is 2.89 bits per heavy atom. The molecular formula is C11H11ClN2O3S. The van der Waals surface area contributed by atoms with Gasteiger partial charge in [-0.05, 0) is 18.2 Å². The topological polar surface area (TPSA) is 58.6 Å². The third kappa shape index (κ3) is 2.70. The molecule has 1 fully saturated rings. The zero-order valence-electron chi connectivity index (χ0n) is 9.60. The van der Waals surface area contributed by atoms with E-state index >= 15 is 0 Å². The number of benzene rings is 1. The summed E-state index contributed by atoms with van der Waals surface area (Å²) in [6.07, 6.45) is 0. The van der Waals surface area contributed by atoms with E-state index in [9.17, 15) is 9.59 Å². The monoisotopic (exact) mass is 286 g/mol. The van der Waals surface area contributed by atoms with Gasteiger partial charge in [-0.1, -0.05) is 23.4 Å². The van der Waals surface area contributed by atoms with Crippen LogP contribution in [-0.2, 0) is 4.79 Å². The number of anilines is 1. The van der Waals surface area contributed by atoms with E-state index in [0.717, 1.165) is 16.7 Å². The average molecular weight is 287 g/mol. The highest BCUT2D eigenvalue weighted by molar-refractivity contribution is 8.14. The Kier molecular flexibility index (Phi) is 3.98. The van der Waals surface area contributed by atoms with Crippen LogP contribution in [0.1, 0.15) is 0 Å². The Morgan fingerprint density at radius 2 is 2.28 bits per heavy atom. The molecule has 0 atom stereocenters. The number of halogens is 1. The molecule has 1 saturated heterocycles. The number of nitrogens with zero attached hydrogens (tertiary/aromatic N) is 1. The maximum atomic E-state index is 11.4. The lowest BCUT2D eigenvalue weighted by Crippen LogP contribution is -2.33. The molecule has 0 aliphatic carbocycles. The molecule has 0 saturated carbocycles. The van der Waals surface area contributed by atoms with Crippen molar-refractivity contribution in [3.8, 4) is 5.75 Å². The van der Waals surface area contributed by atoms with E-state index in [1.165, 1.54) is 7.11 Å². The number of ether oxygens (including phenoxy) is 1. The van der Waals surface area contributed by atoms with Crippen LogP contribution in [0, 0.1) is 0 Å². The number of hydrogen-bond acceptors (Lipinski definition) is 5. The minimum absolute atomic E-state index is 0.112. The first-order valence-electron chi connectivity index (χ1n) is 5.16. The number of rotatable bonds is 4. The quantitative estimate of drug-likeness (QED) is 0.921. The second-order valence-corrected chi connectivity index (χ2v) is 4.92. The molecule has 5 nitrogen and oxygen atoms in total. The van der Waals surface area contributed by atoms with E-state index in [1.54, 1.807) is 18.2 Å². The number of imide groups is 1. The Morgan fingerprint density at radius 1 is 1.50 bits per heavy atom. The van der Waals surface area contributed by atoms with Crippen LogP contribution in [0.15, 0.2) is 18.2 Å². The molecule has 1 heterocycles. The van der Waals surface area contributed by atoms with Crippen LogP contribution in [0.4, 0.5) is 10.5 Å². The standard InChI is InChI=1S/C11H11ClN2O3S/c1-17-9-3-2-7(12)4-8(9)13-6-14-10(15)5-18-11(14)16/h2-4,13H,5-6H2,1H3. The third-order valence-electron chi connectivity index (χ3n) is 2.43. The molecule has 0 spiro atoms. The van der Waals surface area contributed by atoms with Crippen molar-refractivity contribution in [3.63, 3.8) is 0 Å². The number of nitrogens with one attached hydrogen (secondary N) is 1. The largest absolute Gasteiger partial charge is 0.495 e. The molecule has 7 heteroatoms. The average Bonchev–Trinajstić information content (AvgIpc) is 2.67. The van der Waals surface area contributed by atoms with E-state index in [4.69, 9.17) is 16.3 Å². The summed E-state index contributed by atoms with van der Waals surface area (Å²) in [4.78, 5) is 24.0.